The van der Waals surface area contributed by atoms with E-state index in [1.54, 1.807) is 6.07 Å². The lowest BCUT2D eigenvalue weighted by Crippen LogP contribution is -2.31. The molecule has 0 amide bonds. The number of carboxylic acids is 1. The molecule has 0 aliphatic heterocycles. The van der Waals surface area contributed by atoms with Gasteiger partial charge in [-0.25, -0.2) is 8.42 Å². The summed E-state index contributed by atoms with van der Waals surface area (Å²) in [6.07, 6.45) is 1.06. The zero-order chi connectivity index (χ0) is 14.6. The number of benzene rings is 1. The quantitative estimate of drug-likeness (QED) is 0.872. The average Bonchev–Trinajstić information content (AvgIpc) is 2.24. The third-order valence-corrected chi connectivity index (χ3v) is 4.11. The first-order valence-electron chi connectivity index (χ1n) is 5.37. The Bertz CT molecular complexity index is 554. The molecule has 19 heavy (non-hydrogen) atoms. The smallest absolute Gasteiger partial charge is 0.303 e. The summed E-state index contributed by atoms with van der Waals surface area (Å²) in [5.74, 6) is -0.987. The van der Waals surface area contributed by atoms with Gasteiger partial charge in [0.25, 0.3) is 0 Å². The molecule has 0 saturated heterocycles. The molecule has 1 N–H and O–H groups in total. The van der Waals surface area contributed by atoms with E-state index in [1.807, 2.05) is 0 Å². The van der Waals surface area contributed by atoms with Crippen LogP contribution in [-0.2, 0) is 14.8 Å². The van der Waals surface area contributed by atoms with Gasteiger partial charge < -0.3 is 5.11 Å². The van der Waals surface area contributed by atoms with Crippen molar-refractivity contribution in [3.63, 3.8) is 0 Å². The third kappa shape index (κ3) is 4.56. The molecule has 0 fully saturated rings. The van der Waals surface area contributed by atoms with Crippen LogP contribution in [0.1, 0.15) is 12.8 Å². The molecule has 0 saturated carbocycles. The number of carbonyl (C=O) groups is 1. The van der Waals surface area contributed by atoms with E-state index in [0.717, 1.165) is 10.6 Å². The van der Waals surface area contributed by atoms with Gasteiger partial charge in [0.2, 0.25) is 10.0 Å². The molecule has 0 unspecified atom stereocenters. The minimum Gasteiger partial charge on any atom is -0.481 e. The SMILES string of the molecule is CS(=O)(=O)N(CCCC(=O)O)c1c(Cl)cccc1Cl. The zero-order valence-electron chi connectivity index (χ0n) is 10.1. The minimum absolute atomic E-state index is 0.00852. The Hall–Kier alpha value is -0.980. The van der Waals surface area contributed by atoms with E-state index in [4.69, 9.17) is 28.3 Å². The second kappa shape index (κ2) is 6.45. The maximum Gasteiger partial charge on any atom is 0.303 e. The molecule has 0 aliphatic carbocycles. The molecule has 0 aromatic heterocycles. The Morgan fingerprint density at radius 3 is 2.26 bits per heavy atom. The van der Waals surface area contributed by atoms with Crippen LogP contribution in [0.2, 0.25) is 10.0 Å². The van der Waals surface area contributed by atoms with E-state index in [1.165, 1.54) is 12.1 Å². The average molecular weight is 326 g/mol. The number of aliphatic carboxylic acids is 1. The summed E-state index contributed by atoms with van der Waals surface area (Å²) < 4.78 is 24.6. The van der Waals surface area contributed by atoms with Gasteiger partial charge in [-0.15, -0.1) is 0 Å². The first-order chi connectivity index (χ1) is 8.73. The monoisotopic (exact) mass is 325 g/mol. The minimum atomic E-state index is -3.59. The van der Waals surface area contributed by atoms with E-state index in [-0.39, 0.29) is 35.1 Å². The summed E-state index contributed by atoms with van der Waals surface area (Å²) in [5, 5.41) is 8.99. The highest BCUT2D eigenvalue weighted by molar-refractivity contribution is 7.92. The first-order valence-corrected chi connectivity index (χ1v) is 7.97. The molecule has 1 rings (SSSR count). The van der Waals surface area contributed by atoms with Crippen LogP contribution in [-0.4, -0.2) is 32.3 Å². The maximum atomic E-state index is 11.8. The Morgan fingerprint density at radius 2 is 1.84 bits per heavy atom. The van der Waals surface area contributed by atoms with Crippen molar-refractivity contribution in [2.24, 2.45) is 0 Å². The molecule has 0 radical (unpaired) electrons. The van der Waals surface area contributed by atoms with Crippen molar-refractivity contribution in [1.29, 1.82) is 0 Å². The molecule has 1 aromatic carbocycles. The molecule has 5 nitrogen and oxygen atoms in total. The lowest BCUT2D eigenvalue weighted by Gasteiger charge is -2.24. The highest BCUT2D eigenvalue weighted by Gasteiger charge is 2.22. The lowest BCUT2D eigenvalue weighted by atomic mass is 10.3. The van der Waals surface area contributed by atoms with Crippen molar-refractivity contribution in [3.05, 3.63) is 28.2 Å². The van der Waals surface area contributed by atoms with Gasteiger partial charge in [-0.05, 0) is 18.6 Å². The number of anilines is 1. The van der Waals surface area contributed by atoms with Gasteiger partial charge >= 0.3 is 5.97 Å². The van der Waals surface area contributed by atoms with Crippen LogP contribution in [0.15, 0.2) is 18.2 Å². The topological polar surface area (TPSA) is 74.7 Å². The van der Waals surface area contributed by atoms with Crippen LogP contribution in [0.25, 0.3) is 0 Å². The Balaban J connectivity index is 3.08. The van der Waals surface area contributed by atoms with Crippen LogP contribution >= 0.6 is 23.2 Å². The Labute approximate surface area is 121 Å². The molecule has 106 valence electrons. The summed E-state index contributed by atoms with van der Waals surface area (Å²) in [6.45, 7) is 0.00852. The molecular weight excluding hydrogens is 313 g/mol. The van der Waals surface area contributed by atoms with Crippen molar-refractivity contribution in [2.45, 2.75) is 12.8 Å². The maximum absolute atomic E-state index is 11.8. The number of nitrogens with zero attached hydrogens (tertiary/aromatic N) is 1. The molecular formula is C11H13Cl2NO4S. The number of para-hydroxylation sites is 1. The van der Waals surface area contributed by atoms with Crippen molar-refractivity contribution in [1.82, 2.24) is 0 Å². The fourth-order valence-corrected chi connectivity index (χ4v) is 3.24. The molecule has 0 bridgehead atoms. The standard InChI is InChI=1S/C11H13Cl2NO4S/c1-19(17,18)14(7-3-6-10(15)16)11-8(12)4-2-5-9(11)13/h2,4-5H,3,6-7H2,1H3,(H,15,16). The first kappa shape index (κ1) is 16.1. The Kier molecular flexibility index (Phi) is 5.46. The molecule has 0 atom stereocenters. The van der Waals surface area contributed by atoms with E-state index in [2.05, 4.69) is 0 Å². The van der Waals surface area contributed by atoms with Crippen molar-refractivity contribution >= 4 is 44.9 Å². The highest BCUT2D eigenvalue weighted by atomic mass is 35.5. The van der Waals surface area contributed by atoms with Gasteiger partial charge in [-0.1, -0.05) is 29.3 Å². The van der Waals surface area contributed by atoms with Gasteiger partial charge in [0.15, 0.2) is 0 Å². The van der Waals surface area contributed by atoms with Crippen LogP contribution in [0.4, 0.5) is 5.69 Å². The lowest BCUT2D eigenvalue weighted by molar-refractivity contribution is -0.137. The molecule has 0 spiro atoms. The van der Waals surface area contributed by atoms with Gasteiger partial charge in [0.05, 0.1) is 22.0 Å². The largest absolute Gasteiger partial charge is 0.481 e. The number of halogens is 2. The number of carboxylic acid groups (broad SMARTS) is 1. The second-order valence-electron chi connectivity index (χ2n) is 3.90. The van der Waals surface area contributed by atoms with Gasteiger partial charge in [-0.3, -0.25) is 9.10 Å². The van der Waals surface area contributed by atoms with Crippen LogP contribution in [0, 0.1) is 0 Å². The van der Waals surface area contributed by atoms with Gasteiger partial charge in [0, 0.05) is 13.0 Å². The van der Waals surface area contributed by atoms with Crippen molar-refractivity contribution in [2.75, 3.05) is 17.1 Å². The number of hydrogen-bond donors (Lipinski definition) is 1. The molecule has 1 aromatic rings. The predicted molar refractivity (Wildman–Crippen MR) is 75.5 cm³/mol. The summed E-state index contributed by atoms with van der Waals surface area (Å²) in [7, 11) is -3.59. The normalized spacial score (nSPS) is 11.3. The fourth-order valence-electron chi connectivity index (χ4n) is 1.54. The number of rotatable bonds is 6. The van der Waals surface area contributed by atoms with Crippen LogP contribution in [0.3, 0.4) is 0 Å². The molecule has 8 heteroatoms. The predicted octanol–water partition coefficient (Wildman–Crippen LogP) is 2.62. The third-order valence-electron chi connectivity index (χ3n) is 2.34. The number of hydrogen-bond acceptors (Lipinski definition) is 3. The van der Waals surface area contributed by atoms with Gasteiger partial charge in [-0.2, -0.15) is 0 Å². The van der Waals surface area contributed by atoms with Crippen molar-refractivity contribution in [3.8, 4) is 0 Å². The number of sulfonamides is 1. The van der Waals surface area contributed by atoms with Crippen molar-refractivity contribution < 1.29 is 18.3 Å². The molecule has 0 aliphatic rings. The van der Waals surface area contributed by atoms with E-state index in [9.17, 15) is 13.2 Å². The summed E-state index contributed by atoms with van der Waals surface area (Å²) in [5.41, 5.74) is 0.179. The Morgan fingerprint density at radius 1 is 1.32 bits per heavy atom. The molecule has 0 heterocycles. The van der Waals surface area contributed by atoms with E-state index >= 15 is 0 Å². The second-order valence-corrected chi connectivity index (χ2v) is 6.62. The zero-order valence-corrected chi connectivity index (χ0v) is 12.5. The van der Waals surface area contributed by atoms with Gasteiger partial charge in [0.1, 0.15) is 0 Å². The van der Waals surface area contributed by atoms with E-state index < -0.39 is 16.0 Å². The highest BCUT2D eigenvalue weighted by Crippen LogP contribution is 2.35. The van der Waals surface area contributed by atoms with Crippen LogP contribution < -0.4 is 4.31 Å². The van der Waals surface area contributed by atoms with E-state index in [0.29, 0.717) is 0 Å². The fraction of sp³-hybridized carbons (Fsp3) is 0.364. The summed E-state index contributed by atoms with van der Waals surface area (Å²) >= 11 is 11.9. The summed E-state index contributed by atoms with van der Waals surface area (Å²) in [6, 6.07) is 4.65. The summed E-state index contributed by atoms with van der Waals surface area (Å²) in [4.78, 5) is 10.5. The van der Waals surface area contributed by atoms with Crippen LogP contribution in [0.5, 0.6) is 0 Å².